The zero-order valence-corrected chi connectivity index (χ0v) is 20.9. The maximum absolute atomic E-state index is 12.8. The average Bonchev–Trinajstić information content (AvgIpc) is 2.78. The molecule has 1 N–H and O–H groups in total. The van der Waals surface area contributed by atoms with Gasteiger partial charge in [-0.05, 0) is 55.2 Å². The average molecular weight is 525 g/mol. The Hall–Kier alpha value is -2.10. The molecular weight excluding hydrogens is 496 g/mol. The van der Waals surface area contributed by atoms with Crippen LogP contribution in [0.15, 0.2) is 46.9 Å². The molecule has 1 amide bonds. The van der Waals surface area contributed by atoms with Crippen molar-refractivity contribution in [2.45, 2.75) is 31.6 Å². The van der Waals surface area contributed by atoms with Crippen molar-refractivity contribution in [2.75, 3.05) is 27.3 Å². The Kier molecular flexibility index (Phi) is 8.19. The number of carbonyl (C=O) groups is 1. The summed E-state index contributed by atoms with van der Waals surface area (Å²) < 4.78 is 38.6. The maximum atomic E-state index is 12.8. The summed E-state index contributed by atoms with van der Waals surface area (Å²) in [6.07, 6.45) is 1.00. The van der Waals surface area contributed by atoms with Crippen LogP contribution in [0.2, 0.25) is 0 Å². The van der Waals surface area contributed by atoms with E-state index >= 15 is 0 Å². The number of benzene rings is 2. The quantitative estimate of drug-likeness (QED) is 0.566. The lowest BCUT2D eigenvalue weighted by molar-refractivity contribution is -0.126. The molecule has 1 fully saturated rings. The Morgan fingerprint density at radius 1 is 1.12 bits per heavy atom. The second-order valence-electron chi connectivity index (χ2n) is 7.90. The second-order valence-corrected chi connectivity index (χ2v) is 10.8. The van der Waals surface area contributed by atoms with E-state index in [-0.39, 0.29) is 23.6 Å². The van der Waals surface area contributed by atoms with E-state index < -0.39 is 10.0 Å². The molecule has 1 atom stereocenters. The monoisotopic (exact) mass is 524 g/mol. The highest BCUT2D eigenvalue weighted by Gasteiger charge is 2.31. The van der Waals surface area contributed by atoms with Crippen molar-refractivity contribution in [1.29, 1.82) is 0 Å². The summed E-state index contributed by atoms with van der Waals surface area (Å²) >= 11 is 3.37. The van der Waals surface area contributed by atoms with Crippen molar-refractivity contribution in [1.82, 2.24) is 9.62 Å². The molecule has 2 aromatic carbocycles. The topological polar surface area (TPSA) is 84.9 Å². The lowest BCUT2D eigenvalue weighted by Crippen LogP contribution is -2.43. The summed E-state index contributed by atoms with van der Waals surface area (Å²) in [6, 6.07) is 12.6. The number of carbonyl (C=O) groups excluding carboxylic acids is 1. The largest absolute Gasteiger partial charge is 0.493 e. The van der Waals surface area contributed by atoms with Gasteiger partial charge in [0.15, 0.2) is 11.5 Å². The summed E-state index contributed by atoms with van der Waals surface area (Å²) in [6.45, 7) is 2.61. The number of hydrogen-bond donors (Lipinski definition) is 1. The van der Waals surface area contributed by atoms with Gasteiger partial charge in [-0.15, -0.1) is 0 Å². The number of piperidine rings is 1. The van der Waals surface area contributed by atoms with Crippen molar-refractivity contribution in [2.24, 2.45) is 5.92 Å². The molecule has 0 radical (unpaired) electrons. The first kappa shape index (κ1) is 24.5. The lowest BCUT2D eigenvalue weighted by atomic mass is 9.96. The summed E-state index contributed by atoms with van der Waals surface area (Å²) in [7, 11) is -0.277. The first-order chi connectivity index (χ1) is 15.2. The molecule has 7 nitrogen and oxygen atoms in total. The van der Waals surface area contributed by atoms with Crippen LogP contribution in [0.5, 0.6) is 11.5 Å². The van der Waals surface area contributed by atoms with Gasteiger partial charge >= 0.3 is 0 Å². The van der Waals surface area contributed by atoms with E-state index in [1.165, 1.54) is 4.31 Å². The molecule has 0 saturated carbocycles. The van der Waals surface area contributed by atoms with Crippen LogP contribution in [0.4, 0.5) is 0 Å². The number of nitrogens with one attached hydrogen (secondary N) is 1. The molecule has 0 aliphatic carbocycles. The number of ether oxygens (including phenoxy) is 2. The van der Waals surface area contributed by atoms with Gasteiger partial charge in [-0.1, -0.05) is 34.1 Å². The van der Waals surface area contributed by atoms with Crippen LogP contribution < -0.4 is 14.8 Å². The molecule has 32 heavy (non-hydrogen) atoms. The van der Waals surface area contributed by atoms with E-state index in [1.54, 1.807) is 20.3 Å². The van der Waals surface area contributed by atoms with Gasteiger partial charge in [0.05, 0.1) is 26.0 Å². The van der Waals surface area contributed by atoms with Gasteiger partial charge < -0.3 is 14.8 Å². The summed E-state index contributed by atoms with van der Waals surface area (Å²) in [5.41, 5.74) is 1.65. The van der Waals surface area contributed by atoms with Gasteiger partial charge in [-0.3, -0.25) is 4.79 Å². The van der Waals surface area contributed by atoms with Crippen LogP contribution in [-0.4, -0.2) is 45.9 Å². The third-order valence-corrected chi connectivity index (χ3v) is 8.07. The molecule has 0 aromatic heterocycles. The molecule has 0 unspecified atom stereocenters. The Morgan fingerprint density at radius 2 is 1.81 bits per heavy atom. The molecular formula is C23H29BrN2O5S. The Balaban J connectivity index is 1.56. The van der Waals surface area contributed by atoms with Crippen molar-refractivity contribution in [3.8, 4) is 11.5 Å². The number of hydrogen-bond acceptors (Lipinski definition) is 5. The molecule has 9 heteroatoms. The van der Waals surface area contributed by atoms with E-state index in [1.807, 2.05) is 43.3 Å². The first-order valence-corrected chi connectivity index (χ1v) is 12.9. The minimum absolute atomic E-state index is 0.0420. The Labute approximate surface area is 198 Å². The summed E-state index contributed by atoms with van der Waals surface area (Å²) in [5.74, 6) is 0.923. The van der Waals surface area contributed by atoms with Crippen LogP contribution in [0.25, 0.3) is 0 Å². The third kappa shape index (κ3) is 6.02. The predicted molar refractivity (Wildman–Crippen MR) is 127 cm³/mol. The highest BCUT2D eigenvalue weighted by molar-refractivity contribution is 9.10. The zero-order chi connectivity index (χ0) is 23.3. The molecule has 1 aliphatic heterocycles. The predicted octanol–water partition coefficient (Wildman–Crippen LogP) is 3.89. The van der Waals surface area contributed by atoms with Crippen molar-refractivity contribution in [3.05, 3.63) is 58.1 Å². The van der Waals surface area contributed by atoms with Gasteiger partial charge in [0.2, 0.25) is 15.9 Å². The summed E-state index contributed by atoms with van der Waals surface area (Å²) in [4.78, 5) is 12.8. The molecule has 1 saturated heterocycles. The van der Waals surface area contributed by atoms with Gasteiger partial charge in [0.1, 0.15) is 0 Å². The van der Waals surface area contributed by atoms with E-state index in [0.717, 1.165) is 15.6 Å². The lowest BCUT2D eigenvalue weighted by Gasteiger charge is -2.31. The Bertz CT molecular complexity index is 1050. The fourth-order valence-electron chi connectivity index (χ4n) is 3.86. The molecule has 2 aromatic rings. The van der Waals surface area contributed by atoms with Crippen LogP contribution >= 0.6 is 15.9 Å². The van der Waals surface area contributed by atoms with Gasteiger partial charge in [-0.2, -0.15) is 0 Å². The third-order valence-electron chi connectivity index (χ3n) is 5.72. The highest BCUT2D eigenvalue weighted by Crippen LogP contribution is 2.30. The van der Waals surface area contributed by atoms with E-state index in [2.05, 4.69) is 21.2 Å². The number of sulfonamides is 1. The van der Waals surface area contributed by atoms with E-state index in [0.29, 0.717) is 37.4 Å². The smallest absolute Gasteiger partial charge is 0.223 e. The normalized spacial score (nSPS) is 16.4. The zero-order valence-electron chi connectivity index (χ0n) is 18.5. The molecule has 1 aliphatic rings. The molecule has 174 valence electrons. The van der Waals surface area contributed by atoms with Crippen molar-refractivity contribution < 1.29 is 22.7 Å². The summed E-state index contributed by atoms with van der Waals surface area (Å²) in [5, 5.41) is 3.05. The molecule has 3 rings (SSSR count). The SMILES string of the molecule is COc1ccc([C@H](C)NC(=O)C2CCN(S(=O)(=O)Cc3cccc(Br)c3)CC2)cc1OC. The number of halogens is 1. The Morgan fingerprint density at radius 3 is 2.44 bits per heavy atom. The van der Waals surface area contributed by atoms with Crippen molar-refractivity contribution >= 4 is 31.9 Å². The molecule has 0 bridgehead atoms. The fourth-order valence-corrected chi connectivity index (χ4v) is 5.86. The maximum Gasteiger partial charge on any atom is 0.223 e. The minimum atomic E-state index is -3.43. The van der Waals surface area contributed by atoms with Crippen LogP contribution in [0, 0.1) is 5.92 Å². The number of methoxy groups -OCH3 is 2. The van der Waals surface area contributed by atoms with Gasteiger partial charge in [0, 0.05) is 23.5 Å². The molecule has 0 spiro atoms. The number of rotatable bonds is 8. The van der Waals surface area contributed by atoms with Gasteiger partial charge in [0.25, 0.3) is 0 Å². The van der Waals surface area contributed by atoms with Crippen molar-refractivity contribution in [3.63, 3.8) is 0 Å². The minimum Gasteiger partial charge on any atom is -0.493 e. The van der Waals surface area contributed by atoms with E-state index in [4.69, 9.17) is 9.47 Å². The molecule has 1 heterocycles. The fraction of sp³-hybridized carbons (Fsp3) is 0.435. The van der Waals surface area contributed by atoms with E-state index in [9.17, 15) is 13.2 Å². The number of nitrogens with zero attached hydrogens (tertiary/aromatic N) is 1. The second kappa shape index (κ2) is 10.7. The van der Waals surface area contributed by atoms with Crippen LogP contribution in [-0.2, 0) is 20.6 Å². The van der Waals surface area contributed by atoms with Gasteiger partial charge in [-0.25, -0.2) is 12.7 Å². The highest BCUT2D eigenvalue weighted by atomic mass is 79.9. The first-order valence-electron chi connectivity index (χ1n) is 10.5. The van der Waals surface area contributed by atoms with Crippen LogP contribution in [0.1, 0.15) is 36.9 Å². The van der Waals surface area contributed by atoms with Crippen LogP contribution in [0.3, 0.4) is 0 Å². The standard InChI is InChI=1S/C23H29BrN2O5S/c1-16(19-7-8-21(30-2)22(14-19)31-3)25-23(27)18-9-11-26(12-10-18)32(28,29)15-17-5-4-6-20(24)13-17/h4-8,13-14,16,18H,9-12,15H2,1-3H3,(H,25,27)/t16-/m0/s1. The number of amides is 1.